The molecule has 1 atom stereocenters. The molecule has 0 aliphatic carbocycles. The molecule has 2 aromatic rings. The first-order valence-electron chi connectivity index (χ1n) is 9.88. The van der Waals surface area contributed by atoms with Gasteiger partial charge in [-0.2, -0.15) is 0 Å². The van der Waals surface area contributed by atoms with E-state index in [0.29, 0.717) is 22.2 Å². The molecule has 0 bridgehead atoms. The average molecular weight is 457 g/mol. The molecule has 32 heavy (non-hydrogen) atoms. The van der Waals surface area contributed by atoms with Crippen LogP contribution in [0.5, 0.6) is 17.2 Å². The number of amidine groups is 1. The molecule has 0 aromatic heterocycles. The van der Waals surface area contributed by atoms with Crippen molar-refractivity contribution in [3.63, 3.8) is 0 Å². The third-order valence-electron chi connectivity index (χ3n) is 4.78. The van der Waals surface area contributed by atoms with Crippen LogP contribution < -0.4 is 10.1 Å². The molecule has 3 rings (SSSR count). The fraction of sp³-hybridized carbons (Fsp3) is 0.261. The largest absolute Gasteiger partial charge is 0.504 e. The van der Waals surface area contributed by atoms with Gasteiger partial charge in [-0.25, -0.2) is 9.79 Å². The number of methoxy groups -OCH3 is 1. The van der Waals surface area contributed by atoms with Crippen molar-refractivity contribution in [2.45, 2.75) is 19.9 Å². The van der Waals surface area contributed by atoms with E-state index in [9.17, 15) is 19.8 Å². The summed E-state index contributed by atoms with van der Waals surface area (Å²) in [4.78, 5) is 29.8. The van der Waals surface area contributed by atoms with E-state index >= 15 is 0 Å². The summed E-state index contributed by atoms with van der Waals surface area (Å²) < 4.78 is 10.4. The maximum Gasteiger partial charge on any atom is 0.338 e. The molecule has 1 aliphatic heterocycles. The number of Topliss-reactive ketones (excluding diaryl/α,β-unsaturated/α-hetero) is 1. The van der Waals surface area contributed by atoms with Crippen molar-refractivity contribution >= 4 is 28.7 Å². The van der Waals surface area contributed by atoms with Crippen molar-refractivity contribution in [3.8, 4) is 17.2 Å². The van der Waals surface area contributed by atoms with Crippen LogP contribution >= 0.6 is 11.8 Å². The smallest absolute Gasteiger partial charge is 0.338 e. The molecule has 0 spiro atoms. The Hall–Kier alpha value is -3.46. The molecule has 0 unspecified atom stereocenters. The van der Waals surface area contributed by atoms with Crippen LogP contribution in [0, 0.1) is 0 Å². The predicted octanol–water partition coefficient (Wildman–Crippen LogP) is 3.56. The van der Waals surface area contributed by atoms with Gasteiger partial charge >= 0.3 is 5.97 Å². The number of allylic oxidation sites excluding steroid dienone is 1. The van der Waals surface area contributed by atoms with Gasteiger partial charge in [-0.1, -0.05) is 23.9 Å². The zero-order chi connectivity index (χ0) is 23.3. The monoisotopic (exact) mass is 456 g/mol. The molecule has 1 heterocycles. The van der Waals surface area contributed by atoms with Gasteiger partial charge in [0, 0.05) is 11.3 Å². The second kappa shape index (κ2) is 10.2. The molecule has 8 nitrogen and oxygen atoms in total. The number of phenolic OH excluding ortho intramolecular Hbond substituents is 2. The minimum atomic E-state index is -0.600. The molecule has 0 saturated heterocycles. The number of phenols is 2. The number of carbonyl (C=O) groups is 2. The Morgan fingerprint density at radius 1 is 1.12 bits per heavy atom. The first-order valence-corrected chi connectivity index (χ1v) is 10.9. The van der Waals surface area contributed by atoms with Crippen LogP contribution in [0.25, 0.3) is 0 Å². The lowest BCUT2D eigenvalue weighted by Crippen LogP contribution is -2.31. The minimum absolute atomic E-state index is 0.0490. The second-order valence-electron chi connectivity index (χ2n) is 6.91. The second-order valence-corrected chi connectivity index (χ2v) is 7.87. The number of aromatic hydroxyl groups is 2. The first kappa shape index (κ1) is 23.2. The topological polar surface area (TPSA) is 117 Å². The Kier molecular flexibility index (Phi) is 7.42. The van der Waals surface area contributed by atoms with Crippen LogP contribution in [0.15, 0.2) is 58.7 Å². The highest BCUT2D eigenvalue weighted by atomic mass is 32.2. The number of rotatable bonds is 7. The van der Waals surface area contributed by atoms with Gasteiger partial charge in [0.05, 0.1) is 25.0 Å². The number of benzene rings is 2. The van der Waals surface area contributed by atoms with Gasteiger partial charge in [-0.3, -0.25) is 4.79 Å². The highest BCUT2D eigenvalue weighted by molar-refractivity contribution is 8.14. The van der Waals surface area contributed by atoms with E-state index in [1.807, 2.05) is 12.1 Å². The average Bonchev–Trinajstić information content (AvgIpc) is 2.79. The summed E-state index contributed by atoms with van der Waals surface area (Å²) in [5.74, 6) is -0.612. The lowest BCUT2D eigenvalue weighted by molar-refractivity contribution is -0.138. The number of carbonyl (C=O) groups excluding carboxylic acids is 2. The van der Waals surface area contributed by atoms with Crippen molar-refractivity contribution in [2.24, 2.45) is 4.99 Å². The lowest BCUT2D eigenvalue weighted by atomic mass is 9.96. The molecule has 1 aliphatic rings. The molecule has 168 valence electrons. The fourth-order valence-corrected chi connectivity index (χ4v) is 3.98. The van der Waals surface area contributed by atoms with Crippen molar-refractivity contribution < 1.29 is 29.3 Å². The van der Waals surface area contributed by atoms with Crippen molar-refractivity contribution in [2.75, 3.05) is 19.5 Å². The zero-order valence-electron chi connectivity index (χ0n) is 17.9. The van der Waals surface area contributed by atoms with Gasteiger partial charge in [0.1, 0.15) is 11.8 Å². The third-order valence-corrected chi connectivity index (χ3v) is 5.67. The number of ether oxygens (including phenoxy) is 2. The van der Waals surface area contributed by atoms with E-state index in [-0.39, 0.29) is 35.2 Å². The maximum absolute atomic E-state index is 12.6. The Morgan fingerprint density at radius 3 is 2.47 bits per heavy atom. The zero-order valence-corrected chi connectivity index (χ0v) is 18.7. The molecule has 2 aromatic carbocycles. The third kappa shape index (κ3) is 5.23. The number of hydrogen-bond acceptors (Lipinski definition) is 9. The van der Waals surface area contributed by atoms with Gasteiger partial charge in [-0.05, 0) is 49.7 Å². The summed E-state index contributed by atoms with van der Waals surface area (Å²) in [5, 5.41) is 22.6. The van der Waals surface area contributed by atoms with Crippen LogP contribution in [-0.4, -0.2) is 46.6 Å². The van der Waals surface area contributed by atoms with E-state index in [1.165, 1.54) is 30.0 Å². The van der Waals surface area contributed by atoms with Gasteiger partial charge in [0.15, 0.2) is 22.4 Å². The van der Waals surface area contributed by atoms with Gasteiger partial charge in [0.2, 0.25) is 0 Å². The predicted molar refractivity (Wildman–Crippen MR) is 122 cm³/mol. The van der Waals surface area contributed by atoms with E-state index in [4.69, 9.17) is 9.47 Å². The van der Waals surface area contributed by atoms with E-state index in [0.717, 1.165) is 5.56 Å². The number of esters is 1. The van der Waals surface area contributed by atoms with Gasteiger partial charge in [-0.15, -0.1) is 0 Å². The number of thioether (sulfide) groups is 1. The normalized spacial score (nSPS) is 15.6. The summed E-state index contributed by atoms with van der Waals surface area (Å²) in [6.45, 7) is 3.74. The molecule has 0 fully saturated rings. The molecule has 0 amide bonds. The number of aliphatic imine (C=N–C) groups is 1. The molecular weight excluding hydrogens is 432 g/mol. The number of nitrogens with one attached hydrogen (secondary N) is 1. The Morgan fingerprint density at radius 2 is 1.84 bits per heavy atom. The molecular formula is C23H24N2O6S. The highest BCUT2D eigenvalue weighted by Gasteiger charge is 2.30. The summed E-state index contributed by atoms with van der Waals surface area (Å²) in [5.41, 5.74) is 2.05. The standard InChI is InChI=1S/C23H24N2O6S/c1-4-31-22(29)20-13(2)24-23(25-21(20)14-5-8-16(30-3)9-6-14)32-12-19(28)15-7-10-17(26)18(27)11-15/h5-11,21,26-27H,4,12H2,1-3H3,(H,24,25)/t21-/m0/s1. The Bertz CT molecular complexity index is 1080. The van der Waals surface area contributed by atoms with Crippen molar-refractivity contribution in [3.05, 3.63) is 64.9 Å². The number of nitrogens with zero attached hydrogens (tertiary/aromatic N) is 1. The van der Waals surface area contributed by atoms with Crippen LogP contribution in [0.2, 0.25) is 0 Å². The van der Waals surface area contributed by atoms with E-state index in [1.54, 1.807) is 33.1 Å². The van der Waals surface area contributed by atoms with Crippen molar-refractivity contribution in [1.82, 2.24) is 5.32 Å². The molecule has 9 heteroatoms. The lowest BCUT2D eigenvalue weighted by Gasteiger charge is -2.25. The van der Waals surface area contributed by atoms with Crippen LogP contribution in [0.3, 0.4) is 0 Å². The molecule has 0 saturated carbocycles. The summed E-state index contributed by atoms with van der Waals surface area (Å²) in [6, 6.07) is 10.6. The van der Waals surface area contributed by atoms with Crippen LogP contribution in [0.1, 0.15) is 35.8 Å². The van der Waals surface area contributed by atoms with Gasteiger partial charge < -0.3 is 25.0 Å². The SMILES string of the molecule is CCOC(=O)C1=C(C)NC(SCC(=O)c2ccc(O)c(O)c2)=N[C@H]1c1ccc(OC)cc1. The molecule has 0 radical (unpaired) electrons. The summed E-state index contributed by atoms with van der Waals surface area (Å²) in [6.07, 6.45) is 0. The Labute approximate surface area is 190 Å². The highest BCUT2D eigenvalue weighted by Crippen LogP contribution is 2.34. The van der Waals surface area contributed by atoms with Crippen molar-refractivity contribution in [1.29, 1.82) is 0 Å². The van der Waals surface area contributed by atoms with E-state index in [2.05, 4.69) is 10.3 Å². The quantitative estimate of drug-likeness (QED) is 0.329. The Balaban J connectivity index is 1.83. The number of hydrogen-bond donors (Lipinski definition) is 3. The number of ketones is 1. The van der Waals surface area contributed by atoms with Gasteiger partial charge in [0.25, 0.3) is 0 Å². The fourth-order valence-electron chi connectivity index (χ4n) is 3.14. The summed E-state index contributed by atoms with van der Waals surface area (Å²) in [7, 11) is 1.57. The minimum Gasteiger partial charge on any atom is -0.504 e. The van der Waals surface area contributed by atoms with Crippen LogP contribution in [0.4, 0.5) is 0 Å². The van der Waals surface area contributed by atoms with Crippen LogP contribution in [-0.2, 0) is 9.53 Å². The van der Waals surface area contributed by atoms with E-state index < -0.39 is 12.0 Å². The maximum atomic E-state index is 12.6. The summed E-state index contributed by atoms with van der Waals surface area (Å²) >= 11 is 1.18. The first-order chi connectivity index (χ1) is 15.3. The molecule has 3 N–H and O–H groups in total.